The van der Waals surface area contributed by atoms with E-state index in [9.17, 15) is 14.0 Å². The van der Waals surface area contributed by atoms with Crippen LogP contribution in [0.3, 0.4) is 0 Å². The molecule has 5 nitrogen and oxygen atoms in total. The highest BCUT2D eigenvalue weighted by molar-refractivity contribution is 6.03. The lowest BCUT2D eigenvalue weighted by atomic mass is 10.2. The second-order valence-electron chi connectivity index (χ2n) is 6.35. The summed E-state index contributed by atoms with van der Waals surface area (Å²) in [6, 6.07) is 16.1. The summed E-state index contributed by atoms with van der Waals surface area (Å²) >= 11 is 0. The number of nitrogens with one attached hydrogen (secondary N) is 1. The van der Waals surface area contributed by atoms with E-state index in [-0.39, 0.29) is 18.0 Å². The van der Waals surface area contributed by atoms with Crippen molar-refractivity contribution in [1.82, 2.24) is 9.80 Å². The van der Waals surface area contributed by atoms with Gasteiger partial charge in [0.25, 0.3) is 0 Å². The third kappa shape index (κ3) is 4.89. The van der Waals surface area contributed by atoms with Gasteiger partial charge in [-0.3, -0.25) is 14.5 Å². The Morgan fingerprint density at radius 2 is 1.58 bits per heavy atom. The lowest BCUT2D eigenvalue weighted by molar-refractivity contribution is -0.136. The maximum atomic E-state index is 13.5. The van der Waals surface area contributed by atoms with Crippen LogP contribution in [0.4, 0.5) is 10.1 Å². The van der Waals surface area contributed by atoms with E-state index in [0.29, 0.717) is 13.1 Å². The van der Waals surface area contributed by atoms with Gasteiger partial charge < -0.3 is 10.2 Å². The first-order valence-electron chi connectivity index (χ1n) is 8.70. The highest BCUT2D eigenvalue weighted by atomic mass is 19.1. The second kappa shape index (κ2) is 8.58. The van der Waals surface area contributed by atoms with Crippen LogP contribution < -0.4 is 5.32 Å². The summed E-state index contributed by atoms with van der Waals surface area (Å²) in [5, 5.41) is 2.45. The Labute approximate surface area is 152 Å². The van der Waals surface area contributed by atoms with Crippen LogP contribution in [0.2, 0.25) is 0 Å². The molecule has 1 aliphatic rings. The zero-order valence-electron chi connectivity index (χ0n) is 14.5. The number of piperazine rings is 1. The molecule has 1 N–H and O–H groups in total. The van der Waals surface area contributed by atoms with E-state index < -0.39 is 11.7 Å². The number of anilines is 1. The van der Waals surface area contributed by atoms with Gasteiger partial charge in [-0.05, 0) is 17.7 Å². The number of halogens is 1. The summed E-state index contributed by atoms with van der Waals surface area (Å²) < 4.78 is 13.5. The molecule has 1 aliphatic heterocycles. The van der Waals surface area contributed by atoms with Crippen molar-refractivity contribution >= 4 is 17.5 Å². The van der Waals surface area contributed by atoms with Gasteiger partial charge in [0, 0.05) is 32.7 Å². The van der Waals surface area contributed by atoms with Crippen LogP contribution >= 0.6 is 0 Å². The van der Waals surface area contributed by atoms with Gasteiger partial charge in [0.2, 0.25) is 11.8 Å². The maximum Gasteiger partial charge on any atom is 0.233 e. The summed E-state index contributed by atoms with van der Waals surface area (Å²) in [5.41, 5.74) is 1.34. The largest absolute Gasteiger partial charge is 0.340 e. The fraction of sp³-hybridized carbons (Fsp3) is 0.300. The first kappa shape index (κ1) is 18.1. The van der Waals surface area contributed by atoms with Crippen molar-refractivity contribution in [3.8, 4) is 0 Å². The van der Waals surface area contributed by atoms with Gasteiger partial charge in [-0.1, -0.05) is 42.5 Å². The number of rotatable bonds is 5. The molecular weight excluding hydrogens is 333 g/mol. The zero-order valence-corrected chi connectivity index (χ0v) is 14.5. The molecule has 0 unspecified atom stereocenters. The summed E-state index contributed by atoms with van der Waals surface area (Å²) in [6.07, 6.45) is -0.271. The quantitative estimate of drug-likeness (QED) is 0.839. The maximum absolute atomic E-state index is 13.5. The van der Waals surface area contributed by atoms with Crippen molar-refractivity contribution in [2.24, 2.45) is 0 Å². The van der Waals surface area contributed by atoms with Crippen LogP contribution in [-0.2, 0) is 16.1 Å². The van der Waals surface area contributed by atoms with Crippen molar-refractivity contribution < 1.29 is 14.0 Å². The van der Waals surface area contributed by atoms with E-state index in [1.54, 1.807) is 17.0 Å². The molecular formula is C20H22FN3O2. The van der Waals surface area contributed by atoms with E-state index in [2.05, 4.69) is 22.3 Å². The molecule has 0 spiro atoms. The molecule has 6 heteroatoms. The minimum absolute atomic E-state index is 0.0954. The van der Waals surface area contributed by atoms with Gasteiger partial charge >= 0.3 is 0 Å². The lowest BCUT2D eigenvalue weighted by Crippen LogP contribution is -2.48. The van der Waals surface area contributed by atoms with Crippen LogP contribution in [0.15, 0.2) is 54.6 Å². The van der Waals surface area contributed by atoms with E-state index >= 15 is 0 Å². The molecule has 0 atom stereocenters. The molecule has 2 amide bonds. The van der Waals surface area contributed by atoms with Crippen LogP contribution in [0.25, 0.3) is 0 Å². The molecule has 1 saturated heterocycles. The van der Waals surface area contributed by atoms with Gasteiger partial charge in [0.1, 0.15) is 12.2 Å². The Bertz CT molecular complexity index is 759. The van der Waals surface area contributed by atoms with Crippen molar-refractivity contribution in [2.45, 2.75) is 13.0 Å². The number of amides is 2. The standard InChI is InChI=1S/C20H22FN3O2/c21-17-8-4-5-9-18(17)22-19(25)14-20(26)24-12-10-23(11-13-24)15-16-6-2-1-3-7-16/h1-9H,10-15H2,(H,22,25). The number of hydrogen-bond acceptors (Lipinski definition) is 3. The van der Waals surface area contributed by atoms with Gasteiger partial charge in [-0.15, -0.1) is 0 Å². The average Bonchev–Trinajstić information content (AvgIpc) is 2.65. The number of hydrogen-bond donors (Lipinski definition) is 1. The molecule has 2 aromatic rings. The Hall–Kier alpha value is -2.73. The van der Waals surface area contributed by atoms with E-state index in [0.717, 1.165) is 19.6 Å². The van der Waals surface area contributed by atoms with E-state index in [4.69, 9.17) is 0 Å². The van der Waals surface area contributed by atoms with Crippen molar-refractivity contribution in [2.75, 3.05) is 31.5 Å². The van der Waals surface area contributed by atoms with Crippen LogP contribution in [0, 0.1) is 5.82 Å². The van der Waals surface area contributed by atoms with Crippen molar-refractivity contribution in [3.63, 3.8) is 0 Å². The summed E-state index contributed by atoms with van der Waals surface area (Å²) in [6.45, 7) is 3.60. The molecule has 1 heterocycles. The van der Waals surface area contributed by atoms with Crippen LogP contribution in [-0.4, -0.2) is 47.8 Å². The highest BCUT2D eigenvalue weighted by Crippen LogP contribution is 2.13. The molecule has 0 bridgehead atoms. The van der Waals surface area contributed by atoms with Crippen LogP contribution in [0.1, 0.15) is 12.0 Å². The SMILES string of the molecule is O=C(CC(=O)N1CCN(Cc2ccccc2)CC1)Nc1ccccc1F. The Morgan fingerprint density at radius 1 is 0.923 bits per heavy atom. The summed E-state index contributed by atoms with van der Waals surface area (Å²) in [4.78, 5) is 28.3. The Morgan fingerprint density at radius 3 is 2.27 bits per heavy atom. The molecule has 0 radical (unpaired) electrons. The van der Waals surface area contributed by atoms with Gasteiger partial charge in [0.05, 0.1) is 5.69 Å². The predicted molar refractivity (Wildman–Crippen MR) is 97.9 cm³/mol. The molecule has 0 aliphatic carbocycles. The molecule has 0 saturated carbocycles. The minimum atomic E-state index is -0.511. The van der Waals surface area contributed by atoms with Crippen molar-refractivity contribution in [1.29, 1.82) is 0 Å². The highest BCUT2D eigenvalue weighted by Gasteiger charge is 2.23. The van der Waals surface area contributed by atoms with E-state index in [1.807, 2.05) is 18.2 Å². The lowest BCUT2D eigenvalue weighted by Gasteiger charge is -2.34. The monoisotopic (exact) mass is 355 g/mol. The first-order chi connectivity index (χ1) is 12.6. The molecule has 3 rings (SSSR count). The van der Waals surface area contributed by atoms with E-state index in [1.165, 1.54) is 17.7 Å². The number of carbonyl (C=O) groups is 2. The molecule has 1 fully saturated rings. The molecule has 26 heavy (non-hydrogen) atoms. The van der Waals surface area contributed by atoms with Gasteiger partial charge in [-0.25, -0.2) is 4.39 Å². The molecule has 136 valence electrons. The minimum Gasteiger partial charge on any atom is -0.340 e. The first-order valence-corrected chi connectivity index (χ1v) is 8.70. The third-order valence-corrected chi connectivity index (χ3v) is 4.43. The van der Waals surface area contributed by atoms with Crippen LogP contribution in [0.5, 0.6) is 0 Å². The molecule has 0 aromatic heterocycles. The Balaban J connectivity index is 1.45. The number of benzene rings is 2. The predicted octanol–water partition coefficient (Wildman–Crippen LogP) is 2.50. The third-order valence-electron chi connectivity index (χ3n) is 4.43. The number of carbonyl (C=O) groups excluding carboxylic acids is 2. The second-order valence-corrected chi connectivity index (χ2v) is 6.35. The summed E-state index contributed by atoms with van der Waals surface area (Å²) in [5.74, 6) is -1.23. The van der Waals surface area contributed by atoms with Crippen molar-refractivity contribution in [3.05, 3.63) is 66.0 Å². The summed E-state index contributed by atoms with van der Waals surface area (Å²) in [7, 11) is 0. The fourth-order valence-corrected chi connectivity index (χ4v) is 3.00. The average molecular weight is 355 g/mol. The zero-order chi connectivity index (χ0) is 18.4. The van der Waals surface area contributed by atoms with Gasteiger partial charge in [0.15, 0.2) is 0 Å². The smallest absolute Gasteiger partial charge is 0.233 e. The fourth-order valence-electron chi connectivity index (χ4n) is 3.00. The number of para-hydroxylation sites is 1. The van der Waals surface area contributed by atoms with Gasteiger partial charge in [-0.2, -0.15) is 0 Å². The molecule has 2 aromatic carbocycles. The Kier molecular flexibility index (Phi) is 5.96. The topological polar surface area (TPSA) is 52.7 Å². The number of nitrogens with zero attached hydrogens (tertiary/aromatic N) is 2. The normalized spacial score (nSPS) is 14.9.